The lowest BCUT2D eigenvalue weighted by molar-refractivity contribution is -0.121. The number of hydrogen-bond donors (Lipinski definition) is 0. The van der Waals surface area contributed by atoms with Gasteiger partial charge in [-0.2, -0.15) is 0 Å². The lowest BCUT2D eigenvalue weighted by Gasteiger charge is -2.29. The van der Waals surface area contributed by atoms with Gasteiger partial charge in [0.25, 0.3) is 0 Å². The van der Waals surface area contributed by atoms with Crippen LogP contribution in [0.2, 0.25) is 0 Å². The van der Waals surface area contributed by atoms with Crippen LogP contribution in [0, 0.1) is 6.92 Å². The molecule has 1 aliphatic carbocycles. The Kier molecular flexibility index (Phi) is 3.68. The molecule has 1 aliphatic rings. The highest BCUT2D eigenvalue weighted by molar-refractivity contribution is 5.81. The zero-order valence-corrected chi connectivity index (χ0v) is 11.9. The molecule has 0 spiro atoms. The third kappa shape index (κ3) is 2.82. The summed E-state index contributed by atoms with van der Waals surface area (Å²) in [6, 6.07) is 19.1. The van der Waals surface area contributed by atoms with Crippen molar-refractivity contribution < 1.29 is 4.79 Å². The largest absolute Gasteiger partial charge is 0.300 e. The number of ketones is 1. The topological polar surface area (TPSA) is 17.1 Å². The fraction of sp³-hybridized carbons (Fsp3) is 0.316. The second-order valence-electron chi connectivity index (χ2n) is 5.90. The van der Waals surface area contributed by atoms with Crippen molar-refractivity contribution in [3.63, 3.8) is 0 Å². The third-order valence-electron chi connectivity index (χ3n) is 4.30. The van der Waals surface area contributed by atoms with Crippen LogP contribution in [0.15, 0.2) is 54.6 Å². The molecule has 0 radical (unpaired) electrons. The van der Waals surface area contributed by atoms with E-state index in [4.69, 9.17) is 0 Å². The van der Waals surface area contributed by atoms with E-state index in [1.807, 2.05) is 6.07 Å². The molecule has 2 aromatic rings. The maximum atomic E-state index is 12.1. The standard InChI is InChI=1S/C19H20O/c1-14-6-5-9-16(10-14)18-11-17(12-19(20)13-18)15-7-3-2-4-8-15/h2-10,17-18H,11-13H2,1H3/t17-,18-/m1/s1. The van der Waals surface area contributed by atoms with Gasteiger partial charge in [-0.15, -0.1) is 0 Å². The normalized spacial score (nSPS) is 22.8. The van der Waals surface area contributed by atoms with E-state index in [1.165, 1.54) is 16.7 Å². The first-order valence-electron chi connectivity index (χ1n) is 7.35. The van der Waals surface area contributed by atoms with Crippen LogP contribution in [0.4, 0.5) is 0 Å². The molecule has 0 bridgehead atoms. The van der Waals surface area contributed by atoms with Gasteiger partial charge in [0.1, 0.15) is 5.78 Å². The van der Waals surface area contributed by atoms with Gasteiger partial charge in [-0.3, -0.25) is 4.79 Å². The second kappa shape index (κ2) is 5.62. The van der Waals surface area contributed by atoms with Crippen LogP contribution in [0.5, 0.6) is 0 Å². The molecule has 1 nitrogen and oxygen atoms in total. The van der Waals surface area contributed by atoms with E-state index in [9.17, 15) is 4.79 Å². The lowest BCUT2D eigenvalue weighted by Crippen LogP contribution is -2.20. The number of rotatable bonds is 2. The summed E-state index contributed by atoms with van der Waals surface area (Å²) in [6.07, 6.45) is 2.48. The van der Waals surface area contributed by atoms with E-state index in [0.29, 0.717) is 30.5 Å². The minimum Gasteiger partial charge on any atom is -0.300 e. The highest BCUT2D eigenvalue weighted by atomic mass is 16.1. The van der Waals surface area contributed by atoms with Crippen LogP contribution in [0.1, 0.15) is 47.8 Å². The van der Waals surface area contributed by atoms with Crippen molar-refractivity contribution in [3.8, 4) is 0 Å². The number of Topliss-reactive ketones (excluding diaryl/α,β-unsaturated/α-hetero) is 1. The molecule has 0 aliphatic heterocycles. The van der Waals surface area contributed by atoms with Crippen LogP contribution < -0.4 is 0 Å². The van der Waals surface area contributed by atoms with Gasteiger partial charge in [0.15, 0.2) is 0 Å². The fourth-order valence-electron chi connectivity index (χ4n) is 3.30. The molecule has 0 saturated heterocycles. The Hall–Kier alpha value is -1.89. The van der Waals surface area contributed by atoms with Gasteiger partial charge in [0.05, 0.1) is 0 Å². The summed E-state index contributed by atoms with van der Waals surface area (Å²) in [5.41, 5.74) is 3.90. The second-order valence-corrected chi connectivity index (χ2v) is 5.90. The summed E-state index contributed by atoms with van der Waals surface area (Å²) < 4.78 is 0. The first-order valence-corrected chi connectivity index (χ1v) is 7.35. The summed E-state index contributed by atoms with van der Waals surface area (Å²) in [5, 5.41) is 0. The number of hydrogen-bond acceptors (Lipinski definition) is 1. The van der Waals surface area contributed by atoms with E-state index >= 15 is 0 Å². The Morgan fingerprint density at radius 1 is 0.850 bits per heavy atom. The highest BCUT2D eigenvalue weighted by Crippen LogP contribution is 2.39. The predicted molar refractivity (Wildman–Crippen MR) is 82.0 cm³/mol. The van der Waals surface area contributed by atoms with E-state index in [0.717, 1.165) is 6.42 Å². The molecule has 0 heterocycles. The molecule has 0 amide bonds. The smallest absolute Gasteiger partial charge is 0.134 e. The van der Waals surface area contributed by atoms with E-state index in [2.05, 4.69) is 55.5 Å². The molecule has 1 fully saturated rings. The van der Waals surface area contributed by atoms with Crippen molar-refractivity contribution in [3.05, 3.63) is 71.3 Å². The number of carbonyl (C=O) groups excluding carboxylic acids is 1. The van der Waals surface area contributed by atoms with Gasteiger partial charge in [-0.25, -0.2) is 0 Å². The summed E-state index contributed by atoms with van der Waals surface area (Å²) in [6.45, 7) is 2.11. The van der Waals surface area contributed by atoms with Crippen LogP contribution in [-0.2, 0) is 4.79 Å². The van der Waals surface area contributed by atoms with Gasteiger partial charge in [-0.1, -0.05) is 60.2 Å². The fourth-order valence-corrected chi connectivity index (χ4v) is 3.30. The van der Waals surface area contributed by atoms with E-state index in [1.54, 1.807) is 0 Å². The first-order chi connectivity index (χ1) is 9.72. The van der Waals surface area contributed by atoms with Crippen LogP contribution in [0.25, 0.3) is 0 Å². The van der Waals surface area contributed by atoms with Crippen LogP contribution >= 0.6 is 0 Å². The van der Waals surface area contributed by atoms with Crippen molar-refractivity contribution in [2.75, 3.05) is 0 Å². The first kappa shape index (κ1) is 13.1. The zero-order valence-electron chi connectivity index (χ0n) is 11.9. The molecule has 102 valence electrons. The average Bonchev–Trinajstić information content (AvgIpc) is 2.47. The lowest BCUT2D eigenvalue weighted by atomic mass is 9.74. The summed E-state index contributed by atoms with van der Waals surface area (Å²) >= 11 is 0. The SMILES string of the molecule is Cc1cccc([C@H]2CC(=O)C[C@H](c3ccccc3)C2)c1. The highest BCUT2D eigenvalue weighted by Gasteiger charge is 2.29. The average molecular weight is 264 g/mol. The maximum absolute atomic E-state index is 12.1. The number of benzene rings is 2. The molecule has 3 rings (SSSR count). The van der Waals surface area contributed by atoms with Gasteiger partial charge >= 0.3 is 0 Å². The van der Waals surface area contributed by atoms with Gasteiger partial charge in [-0.05, 0) is 36.3 Å². The summed E-state index contributed by atoms with van der Waals surface area (Å²) in [5.74, 6) is 1.15. The Morgan fingerprint density at radius 3 is 2.20 bits per heavy atom. The van der Waals surface area contributed by atoms with E-state index < -0.39 is 0 Å². The Balaban J connectivity index is 1.85. The molecule has 1 heteroatoms. The van der Waals surface area contributed by atoms with Gasteiger partial charge < -0.3 is 0 Å². The van der Waals surface area contributed by atoms with Crippen molar-refractivity contribution in [1.29, 1.82) is 0 Å². The van der Waals surface area contributed by atoms with Gasteiger partial charge in [0, 0.05) is 12.8 Å². The Labute approximate surface area is 120 Å². The maximum Gasteiger partial charge on any atom is 0.134 e. The van der Waals surface area contributed by atoms with Crippen molar-refractivity contribution in [2.24, 2.45) is 0 Å². The van der Waals surface area contributed by atoms with Crippen LogP contribution in [0.3, 0.4) is 0 Å². The zero-order chi connectivity index (χ0) is 13.9. The molecule has 0 N–H and O–H groups in total. The molecule has 1 saturated carbocycles. The monoisotopic (exact) mass is 264 g/mol. The van der Waals surface area contributed by atoms with Gasteiger partial charge in [0.2, 0.25) is 0 Å². The van der Waals surface area contributed by atoms with Crippen LogP contribution in [-0.4, -0.2) is 5.78 Å². The van der Waals surface area contributed by atoms with Crippen molar-refractivity contribution in [2.45, 2.75) is 38.0 Å². The van der Waals surface area contributed by atoms with Crippen molar-refractivity contribution in [1.82, 2.24) is 0 Å². The summed E-state index contributed by atoms with van der Waals surface area (Å²) in [7, 11) is 0. The molecular weight excluding hydrogens is 244 g/mol. The number of carbonyl (C=O) groups is 1. The minimum absolute atomic E-state index is 0.376. The third-order valence-corrected chi connectivity index (χ3v) is 4.30. The molecule has 20 heavy (non-hydrogen) atoms. The molecule has 0 unspecified atom stereocenters. The quantitative estimate of drug-likeness (QED) is 0.773. The Bertz CT molecular complexity index is 600. The minimum atomic E-state index is 0.376. The van der Waals surface area contributed by atoms with E-state index in [-0.39, 0.29) is 0 Å². The van der Waals surface area contributed by atoms with Crippen molar-refractivity contribution >= 4 is 5.78 Å². The molecule has 2 aromatic carbocycles. The summed E-state index contributed by atoms with van der Waals surface area (Å²) in [4.78, 5) is 12.1. The Morgan fingerprint density at radius 2 is 1.50 bits per heavy atom. The molecule has 2 atom stereocenters. The predicted octanol–water partition coefficient (Wildman–Crippen LogP) is 4.62. The number of aryl methyl sites for hydroxylation is 1. The molecule has 0 aromatic heterocycles. The molecular formula is C19H20O.